The van der Waals surface area contributed by atoms with Gasteiger partial charge in [0.05, 0.1) is 0 Å². The highest BCUT2D eigenvalue weighted by Crippen LogP contribution is 2.29. The van der Waals surface area contributed by atoms with Crippen molar-refractivity contribution >= 4 is 21.7 Å². The van der Waals surface area contributed by atoms with Crippen molar-refractivity contribution in [2.24, 2.45) is 5.92 Å². The van der Waals surface area contributed by atoms with Crippen LogP contribution in [0, 0.1) is 5.92 Å². The molecule has 2 heterocycles. The summed E-state index contributed by atoms with van der Waals surface area (Å²) in [6.07, 6.45) is 2.57. The molecule has 1 aromatic heterocycles. The minimum Gasteiger partial charge on any atom is -0.354 e. The van der Waals surface area contributed by atoms with Gasteiger partial charge in [-0.05, 0) is 41.6 Å². The molecule has 2 rings (SSSR count). The fourth-order valence-electron chi connectivity index (χ4n) is 2.49. The molecule has 0 N–H and O–H groups in total. The number of rotatable bonds is 2. The molecule has 2 unspecified atom stereocenters. The number of aromatic nitrogens is 2. The lowest BCUT2D eigenvalue weighted by Gasteiger charge is -2.39. The highest BCUT2D eigenvalue weighted by molar-refractivity contribution is 9.10. The molecular formula is C14H22BrN3. The summed E-state index contributed by atoms with van der Waals surface area (Å²) in [5.41, 5.74) is 0. The minimum absolute atomic E-state index is 0.360. The average molecular weight is 312 g/mol. The zero-order valence-corrected chi connectivity index (χ0v) is 13.2. The van der Waals surface area contributed by atoms with Crippen LogP contribution in [0.5, 0.6) is 0 Å². The molecule has 100 valence electrons. The van der Waals surface area contributed by atoms with Crippen molar-refractivity contribution < 1.29 is 0 Å². The minimum atomic E-state index is 0.360. The summed E-state index contributed by atoms with van der Waals surface area (Å²) in [4.78, 5) is 11.6. The van der Waals surface area contributed by atoms with Gasteiger partial charge in [0.2, 0.25) is 0 Å². The van der Waals surface area contributed by atoms with E-state index >= 15 is 0 Å². The van der Waals surface area contributed by atoms with Gasteiger partial charge in [-0.3, -0.25) is 0 Å². The highest BCUT2D eigenvalue weighted by Gasteiger charge is 2.26. The van der Waals surface area contributed by atoms with Crippen LogP contribution in [-0.2, 0) is 0 Å². The van der Waals surface area contributed by atoms with E-state index in [9.17, 15) is 0 Å². The fraction of sp³-hybridized carbons (Fsp3) is 0.714. The second-order valence-corrected chi connectivity index (χ2v) is 6.43. The lowest BCUT2D eigenvalue weighted by Crippen LogP contribution is -2.43. The molecule has 3 nitrogen and oxygen atoms in total. The van der Waals surface area contributed by atoms with Crippen molar-refractivity contribution in [2.45, 2.75) is 52.5 Å². The van der Waals surface area contributed by atoms with Crippen LogP contribution in [0.25, 0.3) is 0 Å². The van der Waals surface area contributed by atoms with Gasteiger partial charge in [-0.1, -0.05) is 20.8 Å². The summed E-state index contributed by atoms with van der Waals surface area (Å²) < 4.78 is 0.890. The Labute approximate surface area is 118 Å². The third kappa shape index (κ3) is 2.85. The van der Waals surface area contributed by atoms with Crippen molar-refractivity contribution in [3.8, 4) is 0 Å². The summed E-state index contributed by atoms with van der Waals surface area (Å²) in [5, 5.41) is 0. The SMILES string of the molecule is CC(C)c1nc(Br)cc(N2CCCC(C)C2C)n1. The van der Waals surface area contributed by atoms with Gasteiger partial charge in [0, 0.05) is 24.6 Å². The van der Waals surface area contributed by atoms with Crippen LogP contribution < -0.4 is 4.90 Å². The van der Waals surface area contributed by atoms with E-state index in [4.69, 9.17) is 4.98 Å². The zero-order chi connectivity index (χ0) is 13.3. The molecule has 1 aliphatic rings. The lowest BCUT2D eigenvalue weighted by atomic mass is 9.92. The predicted octanol–water partition coefficient (Wildman–Crippen LogP) is 3.99. The summed E-state index contributed by atoms with van der Waals surface area (Å²) in [6.45, 7) is 10.00. The smallest absolute Gasteiger partial charge is 0.134 e. The molecule has 18 heavy (non-hydrogen) atoms. The summed E-state index contributed by atoms with van der Waals surface area (Å²) in [6, 6.07) is 2.60. The summed E-state index contributed by atoms with van der Waals surface area (Å²) in [7, 11) is 0. The Hall–Kier alpha value is -0.640. The molecule has 0 amide bonds. The van der Waals surface area contributed by atoms with Gasteiger partial charge in [-0.2, -0.15) is 0 Å². The van der Waals surface area contributed by atoms with Gasteiger partial charge in [-0.25, -0.2) is 9.97 Å². The number of hydrogen-bond acceptors (Lipinski definition) is 3. The van der Waals surface area contributed by atoms with Crippen LogP contribution in [0.4, 0.5) is 5.82 Å². The predicted molar refractivity (Wildman–Crippen MR) is 79.0 cm³/mol. The van der Waals surface area contributed by atoms with Gasteiger partial charge < -0.3 is 4.90 Å². The number of piperidine rings is 1. The largest absolute Gasteiger partial charge is 0.354 e. The van der Waals surface area contributed by atoms with Gasteiger partial charge in [-0.15, -0.1) is 0 Å². The molecule has 1 saturated heterocycles. The Bertz CT molecular complexity index is 420. The van der Waals surface area contributed by atoms with Crippen molar-refractivity contribution in [3.63, 3.8) is 0 Å². The lowest BCUT2D eigenvalue weighted by molar-refractivity contribution is 0.361. The van der Waals surface area contributed by atoms with E-state index in [2.05, 4.69) is 53.5 Å². The van der Waals surface area contributed by atoms with E-state index in [1.165, 1.54) is 12.8 Å². The summed E-state index contributed by atoms with van der Waals surface area (Å²) in [5.74, 6) is 3.08. The van der Waals surface area contributed by atoms with E-state index < -0.39 is 0 Å². The first-order chi connectivity index (χ1) is 8.49. The molecule has 0 aromatic carbocycles. The van der Waals surface area contributed by atoms with Crippen molar-refractivity contribution in [3.05, 3.63) is 16.5 Å². The molecule has 1 fully saturated rings. The maximum absolute atomic E-state index is 4.73. The van der Waals surface area contributed by atoms with E-state index in [-0.39, 0.29) is 0 Å². The maximum atomic E-state index is 4.73. The molecule has 0 bridgehead atoms. The molecule has 2 atom stereocenters. The maximum Gasteiger partial charge on any atom is 0.134 e. The molecule has 4 heteroatoms. The van der Waals surface area contributed by atoms with Crippen molar-refractivity contribution in [1.29, 1.82) is 0 Å². The summed E-state index contributed by atoms with van der Waals surface area (Å²) >= 11 is 3.51. The molecule has 0 saturated carbocycles. The number of anilines is 1. The number of nitrogens with zero attached hydrogens (tertiary/aromatic N) is 3. The van der Waals surface area contributed by atoms with Crippen molar-refractivity contribution in [1.82, 2.24) is 9.97 Å². The Morgan fingerprint density at radius 1 is 1.33 bits per heavy atom. The van der Waals surface area contributed by atoms with Gasteiger partial charge in [0.1, 0.15) is 16.2 Å². The molecule has 1 aliphatic heterocycles. The Morgan fingerprint density at radius 2 is 2.06 bits per heavy atom. The molecule has 0 radical (unpaired) electrons. The second-order valence-electron chi connectivity index (χ2n) is 5.62. The molecule has 1 aromatic rings. The normalized spacial score (nSPS) is 24.7. The Kier molecular flexibility index (Phi) is 4.25. The first kappa shape index (κ1) is 13.8. The Morgan fingerprint density at radius 3 is 2.72 bits per heavy atom. The standard InChI is InChI=1S/C14H22BrN3/c1-9(2)14-16-12(15)8-13(17-14)18-7-5-6-10(3)11(18)4/h8-11H,5-7H2,1-4H3. The van der Waals surface area contributed by atoms with E-state index in [1.54, 1.807) is 0 Å². The topological polar surface area (TPSA) is 29.0 Å². The quantitative estimate of drug-likeness (QED) is 0.773. The first-order valence-electron chi connectivity index (χ1n) is 6.80. The van der Waals surface area contributed by atoms with E-state index in [0.717, 1.165) is 28.7 Å². The van der Waals surface area contributed by atoms with Crippen LogP contribution in [0.15, 0.2) is 10.7 Å². The van der Waals surface area contributed by atoms with Crippen LogP contribution >= 0.6 is 15.9 Å². The van der Waals surface area contributed by atoms with Crippen LogP contribution in [0.1, 0.15) is 52.3 Å². The van der Waals surface area contributed by atoms with E-state index in [0.29, 0.717) is 12.0 Å². The van der Waals surface area contributed by atoms with Gasteiger partial charge in [0.15, 0.2) is 0 Å². The first-order valence-corrected chi connectivity index (χ1v) is 7.59. The van der Waals surface area contributed by atoms with Crippen LogP contribution in [-0.4, -0.2) is 22.6 Å². The molecule has 0 aliphatic carbocycles. The molecular weight excluding hydrogens is 290 g/mol. The van der Waals surface area contributed by atoms with Gasteiger partial charge >= 0.3 is 0 Å². The number of hydrogen-bond donors (Lipinski definition) is 0. The third-order valence-corrected chi connectivity index (χ3v) is 4.29. The molecule has 0 spiro atoms. The average Bonchev–Trinajstić information content (AvgIpc) is 2.31. The number of halogens is 1. The monoisotopic (exact) mass is 311 g/mol. The Balaban J connectivity index is 2.32. The highest BCUT2D eigenvalue weighted by atomic mass is 79.9. The van der Waals surface area contributed by atoms with Crippen LogP contribution in [0.3, 0.4) is 0 Å². The van der Waals surface area contributed by atoms with E-state index in [1.807, 2.05) is 6.07 Å². The van der Waals surface area contributed by atoms with Gasteiger partial charge in [0.25, 0.3) is 0 Å². The zero-order valence-electron chi connectivity index (χ0n) is 11.7. The van der Waals surface area contributed by atoms with Crippen LogP contribution in [0.2, 0.25) is 0 Å². The fourth-order valence-corrected chi connectivity index (χ4v) is 2.87. The third-order valence-electron chi connectivity index (χ3n) is 3.88. The second kappa shape index (κ2) is 5.55. The van der Waals surface area contributed by atoms with Crippen molar-refractivity contribution in [2.75, 3.05) is 11.4 Å².